The number of aromatic nitrogens is 1. The quantitative estimate of drug-likeness (QED) is 0.620. The van der Waals surface area contributed by atoms with Crippen molar-refractivity contribution in [1.82, 2.24) is 4.98 Å². The molecule has 110 valence electrons. The number of ether oxygens (including phenoxy) is 1. The molecule has 0 saturated heterocycles. The highest BCUT2D eigenvalue weighted by molar-refractivity contribution is 9.10. The fourth-order valence-corrected chi connectivity index (χ4v) is 2.89. The van der Waals surface area contributed by atoms with Crippen LogP contribution in [0.15, 0.2) is 65.3 Å². The Balaban J connectivity index is 2.08. The summed E-state index contributed by atoms with van der Waals surface area (Å²) in [6.07, 6.45) is 1.88. The first-order chi connectivity index (χ1) is 10.7. The van der Waals surface area contributed by atoms with Crippen LogP contribution >= 0.6 is 15.9 Å². The lowest BCUT2D eigenvalue weighted by Gasteiger charge is -2.12. The number of aryl methyl sites for hydroxylation is 1. The van der Waals surface area contributed by atoms with Gasteiger partial charge in [-0.1, -0.05) is 46.3 Å². The van der Waals surface area contributed by atoms with E-state index in [0.717, 1.165) is 38.2 Å². The minimum Gasteiger partial charge on any atom is -0.496 e. The third-order valence-electron chi connectivity index (χ3n) is 3.57. The Labute approximate surface area is 138 Å². The molecule has 3 heteroatoms. The Hall–Kier alpha value is -2.13. The summed E-state index contributed by atoms with van der Waals surface area (Å²) < 4.78 is 6.64. The predicted molar refractivity (Wildman–Crippen MR) is 94.1 cm³/mol. The van der Waals surface area contributed by atoms with E-state index in [2.05, 4.69) is 45.2 Å². The van der Waals surface area contributed by atoms with Gasteiger partial charge in [-0.3, -0.25) is 4.98 Å². The molecule has 0 N–H and O–H groups in total. The molecule has 0 fully saturated rings. The molecule has 0 spiro atoms. The van der Waals surface area contributed by atoms with Crippen LogP contribution in [0.25, 0.3) is 22.4 Å². The van der Waals surface area contributed by atoms with Crippen molar-refractivity contribution in [2.45, 2.75) is 6.92 Å². The molecule has 0 saturated carbocycles. The average Bonchev–Trinajstić information content (AvgIpc) is 2.55. The van der Waals surface area contributed by atoms with Gasteiger partial charge in [-0.15, -0.1) is 0 Å². The molecule has 0 aliphatic carbocycles. The lowest BCUT2D eigenvalue weighted by atomic mass is 10.0. The van der Waals surface area contributed by atoms with Crippen LogP contribution in [0.3, 0.4) is 0 Å². The number of pyridine rings is 1. The standard InChI is InChI=1S/C19H16BrNO/c1-13-7-10-18(21-12-13)14-8-9-16(19(11-14)22-2)15-5-3-4-6-17(15)20/h3-12H,1-2H3. The molecule has 22 heavy (non-hydrogen) atoms. The first-order valence-corrected chi connectivity index (χ1v) is 7.84. The van der Waals surface area contributed by atoms with Crippen molar-refractivity contribution in [2.24, 2.45) is 0 Å². The predicted octanol–water partition coefficient (Wildman–Crippen LogP) is 5.50. The minimum absolute atomic E-state index is 0.840. The summed E-state index contributed by atoms with van der Waals surface area (Å²) in [6.45, 7) is 2.04. The summed E-state index contributed by atoms with van der Waals surface area (Å²) in [5, 5.41) is 0. The van der Waals surface area contributed by atoms with Crippen LogP contribution in [0.4, 0.5) is 0 Å². The highest BCUT2D eigenvalue weighted by Crippen LogP contribution is 2.37. The summed E-state index contributed by atoms with van der Waals surface area (Å²) in [6, 6.07) is 18.4. The number of benzene rings is 2. The number of rotatable bonds is 3. The van der Waals surface area contributed by atoms with Crippen LogP contribution in [-0.2, 0) is 0 Å². The molecule has 3 aromatic rings. The van der Waals surface area contributed by atoms with Crippen LogP contribution in [0.1, 0.15) is 5.56 Å². The smallest absolute Gasteiger partial charge is 0.127 e. The van der Waals surface area contributed by atoms with E-state index < -0.39 is 0 Å². The van der Waals surface area contributed by atoms with Crippen LogP contribution in [0.5, 0.6) is 5.75 Å². The maximum atomic E-state index is 5.59. The number of halogens is 1. The van der Waals surface area contributed by atoms with Crippen LogP contribution in [0, 0.1) is 6.92 Å². The molecule has 0 atom stereocenters. The molecule has 0 aliphatic rings. The highest BCUT2D eigenvalue weighted by Gasteiger charge is 2.11. The van der Waals surface area contributed by atoms with Gasteiger partial charge in [0.2, 0.25) is 0 Å². The van der Waals surface area contributed by atoms with E-state index in [-0.39, 0.29) is 0 Å². The van der Waals surface area contributed by atoms with Gasteiger partial charge in [0.15, 0.2) is 0 Å². The molecular formula is C19H16BrNO. The molecule has 0 radical (unpaired) electrons. The van der Waals surface area contributed by atoms with E-state index in [9.17, 15) is 0 Å². The van der Waals surface area contributed by atoms with Gasteiger partial charge in [0.1, 0.15) is 5.75 Å². The molecule has 3 rings (SSSR count). The second kappa shape index (κ2) is 6.32. The SMILES string of the molecule is COc1cc(-c2ccc(C)cn2)ccc1-c1ccccc1Br. The van der Waals surface area contributed by atoms with Crippen molar-refractivity contribution in [2.75, 3.05) is 7.11 Å². The molecule has 1 heterocycles. The normalized spacial score (nSPS) is 10.5. The van der Waals surface area contributed by atoms with E-state index in [0.29, 0.717) is 0 Å². The van der Waals surface area contributed by atoms with E-state index in [4.69, 9.17) is 4.74 Å². The van der Waals surface area contributed by atoms with Gasteiger partial charge in [0.05, 0.1) is 12.8 Å². The second-order valence-corrected chi connectivity index (χ2v) is 5.97. The van der Waals surface area contributed by atoms with Crippen molar-refractivity contribution in [1.29, 1.82) is 0 Å². The van der Waals surface area contributed by atoms with E-state index in [1.165, 1.54) is 0 Å². The maximum Gasteiger partial charge on any atom is 0.127 e. The Morgan fingerprint density at radius 2 is 1.77 bits per heavy atom. The third-order valence-corrected chi connectivity index (χ3v) is 4.26. The molecular weight excluding hydrogens is 338 g/mol. The van der Waals surface area contributed by atoms with Crippen LogP contribution < -0.4 is 4.74 Å². The lowest BCUT2D eigenvalue weighted by Crippen LogP contribution is -1.91. The van der Waals surface area contributed by atoms with Crippen molar-refractivity contribution in [3.8, 4) is 28.1 Å². The molecule has 1 aromatic heterocycles. The van der Waals surface area contributed by atoms with E-state index in [1.807, 2.05) is 43.5 Å². The molecule has 0 bridgehead atoms. The van der Waals surface area contributed by atoms with E-state index in [1.54, 1.807) is 7.11 Å². The first-order valence-electron chi connectivity index (χ1n) is 7.05. The van der Waals surface area contributed by atoms with Gasteiger partial charge in [-0.25, -0.2) is 0 Å². The summed E-state index contributed by atoms with van der Waals surface area (Å²) >= 11 is 3.60. The fourth-order valence-electron chi connectivity index (χ4n) is 2.39. The zero-order valence-electron chi connectivity index (χ0n) is 12.5. The van der Waals surface area contributed by atoms with Crippen molar-refractivity contribution >= 4 is 15.9 Å². The minimum atomic E-state index is 0.840. The van der Waals surface area contributed by atoms with Crippen molar-refractivity contribution in [3.05, 3.63) is 70.8 Å². The Morgan fingerprint density at radius 1 is 0.955 bits per heavy atom. The number of hydrogen-bond donors (Lipinski definition) is 0. The Bertz CT molecular complexity index is 797. The van der Waals surface area contributed by atoms with Gasteiger partial charge < -0.3 is 4.74 Å². The molecule has 0 aliphatic heterocycles. The van der Waals surface area contributed by atoms with Gasteiger partial charge in [-0.2, -0.15) is 0 Å². The molecule has 2 nitrogen and oxygen atoms in total. The first kappa shape index (κ1) is 14.8. The Kier molecular flexibility index (Phi) is 4.25. The zero-order valence-corrected chi connectivity index (χ0v) is 14.1. The summed E-state index contributed by atoms with van der Waals surface area (Å²) in [4.78, 5) is 4.48. The van der Waals surface area contributed by atoms with Crippen LogP contribution in [-0.4, -0.2) is 12.1 Å². The summed E-state index contributed by atoms with van der Waals surface area (Å²) in [5.74, 6) is 0.840. The zero-order chi connectivity index (χ0) is 15.5. The fraction of sp³-hybridized carbons (Fsp3) is 0.105. The molecule has 0 unspecified atom stereocenters. The van der Waals surface area contributed by atoms with Gasteiger partial charge in [0.25, 0.3) is 0 Å². The third kappa shape index (κ3) is 2.90. The average molecular weight is 354 g/mol. The van der Waals surface area contributed by atoms with Crippen molar-refractivity contribution < 1.29 is 4.74 Å². The maximum absolute atomic E-state index is 5.59. The second-order valence-electron chi connectivity index (χ2n) is 5.12. The summed E-state index contributed by atoms with van der Waals surface area (Å²) in [5.41, 5.74) is 5.32. The number of hydrogen-bond acceptors (Lipinski definition) is 2. The van der Waals surface area contributed by atoms with E-state index >= 15 is 0 Å². The molecule has 0 amide bonds. The molecule has 2 aromatic carbocycles. The number of nitrogens with zero attached hydrogens (tertiary/aromatic N) is 1. The highest BCUT2D eigenvalue weighted by atomic mass is 79.9. The largest absolute Gasteiger partial charge is 0.496 e. The number of methoxy groups -OCH3 is 1. The Morgan fingerprint density at radius 3 is 2.45 bits per heavy atom. The van der Waals surface area contributed by atoms with Gasteiger partial charge in [-0.05, 0) is 42.3 Å². The summed E-state index contributed by atoms with van der Waals surface area (Å²) in [7, 11) is 1.70. The topological polar surface area (TPSA) is 22.1 Å². The van der Waals surface area contributed by atoms with Gasteiger partial charge in [0, 0.05) is 21.8 Å². The monoisotopic (exact) mass is 353 g/mol. The van der Waals surface area contributed by atoms with Crippen molar-refractivity contribution in [3.63, 3.8) is 0 Å². The van der Waals surface area contributed by atoms with Crippen LogP contribution in [0.2, 0.25) is 0 Å². The van der Waals surface area contributed by atoms with Gasteiger partial charge >= 0.3 is 0 Å². The lowest BCUT2D eigenvalue weighted by molar-refractivity contribution is 0.416.